The van der Waals surface area contributed by atoms with E-state index in [4.69, 9.17) is 0 Å². The number of fused-ring (bicyclic) bond motifs is 3. The number of piperazine rings is 1. The summed E-state index contributed by atoms with van der Waals surface area (Å²) >= 11 is 0. The number of carbonyl (C=O) groups excluding carboxylic acids is 1. The molecule has 1 aromatic carbocycles. The van der Waals surface area contributed by atoms with Gasteiger partial charge >= 0.3 is 5.69 Å². The number of hydrogen-bond donors (Lipinski definition) is 2. The van der Waals surface area contributed by atoms with E-state index in [1.54, 1.807) is 6.92 Å². The Balaban J connectivity index is 1.65. The van der Waals surface area contributed by atoms with Gasteiger partial charge < -0.3 is 19.8 Å². The molecule has 2 bridgehead atoms. The molecule has 1 amide bonds. The number of hydrogen-bond acceptors (Lipinski definition) is 3. The Morgan fingerprint density at radius 1 is 1.14 bits per heavy atom. The van der Waals surface area contributed by atoms with Crippen LogP contribution in [-0.2, 0) is 4.79 Å². The van der Waals surface area contributed by atoms with Crippen LogP contribution >= 0.6 is 0 Å². The maximum atomic E-state index is 11.7. The summed E-state index contributed by atoms with van der Waals surface area (Å²) in [6.07, 6.45) is 2.17. The van der Waals surface area contributed by atoms with E-state index in [-0.39, 0.29) is 11.6 Å². The topological polar surface area (TPSA) is 72.2 Å². The lowest BCUT2D eigenvalue weighted by Crippen LogP contribution is -2.55. The Labute approximate surface area is 121 Å². The molecule has 1 aromatic heterocycles. The van der Waals surface area contributed by atoms with Crippen LogP contribution in [0.4, 0.5) is 5.69 Å². The number of rotatable bonds is 1. The van der Waals surface area contributed by atoms with E-state index in [1.165, 1.54) is 0 Å². The number of aromatic amines is 2. The van der Waals surface area contributed by atoms with Gasteiger partial charge in [0.15, 0.2) is 0 Å². The highest BCUT2D eigenvalue weighted by molar-refractivity contribution is 5.79. The van der Waals surface area contributed by atoms with E-state index >= 15 is 0 Å². The predicted octanol–water partition coefficient (Wildman–Crippen LogP) is 1.06. The maximum Gasteiger partial charge on any atom is 0.323 e. The first-order chi connectivity index (χ1) is 10.1. The molecule has 2 aliphatic heterocycles. The van der Waals surface area contributed by atoms with Gasteiger partial charge in [-0.15, -0.1) is 0 Å². The summed E-state index contributed by atoms with van der Waals surface area (Å²) in [7, 11) is 0. The first-order valence-electron chi connectivity index (χ1n) is 7.38. The summed E-state index contributed by atoms with van der Waals surface area (Å²) in [4.78, 5) is 33.0. The highest BCUT2D eigenvalue weighted by Crippen LogP contribution is 2.33. The maximum absolute atomic E-state index is 11.7. The SMILES string of the molecule is CC(=O)N1C2CCC1CN(c1ccc3[nH]c(=O)[nH]c3c1)C2. The second-order valence-corrected chi connectivity index (χ2v) is 6.03. The molecule has 6 nitrogen and oxygen atoms in total. The summed E-state index contributed by atoms with van der Waals surface area (Å²) in [5.74, 6) is 0.188. The number of nitrogens with zero attached hydrogens (tertiary/aromatic N) is 2. The van der Waals surface area contributed by atoms with Crippen LogP contribution in [0.25, 0.3) is 11.0 Å². The van der Waals surface area contributed by atoms with Gasteiger partial charge in [-0.05, 0) is 31.0 Å². The zero-order valence-electron chi connectivity index (χ0n) is 11.9. The lowest BCUT2D eigenvalue weighted by molar-refractivity contribution is -0.132. The molecule has 0 saturated carbocycles. The zero-order valence-corrected chi connectivity index (χ0v) is 11.9. The van der Waals surface area contributed by atoms with Gasteiger partial charge in [0.2, 0.25) is 5.91 Å². The van der Waals surface area contributed by atoms with Gasteiger partial charge in [0.1, 0.15) is 0 Å². The molecule has 6 heteroatoms. The summed E-state index contributed by atoms with van der Waals surface area (Å²) < 4.78 is 0. The van der Waals surface area contributed by atoms with Crippen molar-refractivity contribution in [3.8, 4) is 0 Å². The third kappa shape index (κ3) is 1.93. The minimum Gasteiger partial charge on any atom is -0.367 e. The molecule has 2 unspecified atom stereocenters. The second kappa shape index (κ2) is 4.38. The van der Waals surface area contributed by atoms with Crippen molar-refractivity contribution in [3.05, 3.63) is 28.7 Å². The number of benzene rings is 1. The Morgan fingerprint density at radius 2 is 1.81 bits per heavy atom. The van der Waals surface area contributed by atoms with E-state index < -0.39 is 0 Å². The molecule has 0 spiro atoms. The minimum absolute atomic E-state index is 0.177. The number of nitrogens with one attached hydrogen (secondary N) is 2. The summed E-state index contributed by atoms with van der Waals surface area (Å²) in [5.41, 5.74) is 2.59. The van der Waals surface area contributed by atoms with Crippen molar-refractivity contribution in [1.29, 1.82) is 0 Å². The average molecular weight is 286 g/mol. The first-order valence-corrected chi connectivity index (χ1v) is 7.38. The highest BCUT2D eigenvalue weighted by Gasteiger charge is 2.41. The molecule has 2 fully saturated rings. The lowest BCUT2D eigenvalue weighted by atomic mass is 10.1. The van der Waals surface area contributed by atoms with Gasteiger partial charge in [-0.1, -0.05) is 0 Å². The largest absolute Gasteiger partial charge is 0.367 e. The van der Waals surface area contributed by atoms with Crippen molar-refractivity contribution < 1.29 is 4.79 Å². The quantitative estimate of drug-likeness (QED) is 0.823. The van der Waals surface area contributed by atoms with Crippen molar-refractivity contribution in [3.63, 3.8) is 0 Å². The monoisotopic (exact) mass is 286 g/mol. The van der Waals surface area contributed by atoms with Gasteiger partial charge in [0.25, 0.3) is 0 Å². The van der Waals surface area contributed by atoms with Gasteiger partial charge in [-0.3, -0.25) is 4.79 Å². The van der Waals surface area contributed by atoms with Crippen LogP contribution in [0, 0.1) is 0 Å². The Hall–Kier alpha value is -2.24. The van der Waals surface area contributed by atoms with Crippen molar-refractivity contribution in [2.75, 3.05) is 18.0 Å². The number of amides is 1. The fourth-order valence-corrected chi connectivity index (χ4v) is 3.85. The fraction of sp³-hybridized carbons (Fsp3) is 0.467. The van der Waals surface area contributed by atoms with E-state index in [0.717, 1.165) is 42.7 Å². The summed E-state index contributed by atoms with van der Waals surface area (Å²) in [6, 6.07) is 6.62. The number of aromatic nitrogens is 2. The highest BCUT2D eigenvalue weighted by atomic mass is 16.2. The van der Waals surface area contributed by atoms with E-state index in [0.29, 0.717) is 12.1 Å². The number of anilines is 1. The van der Waals surface area contributed by atoms with Gasteiger partial charge in [0.05, 0.1) is 11.0 Å². The normalized spacial score (nSPS) is 24.8. The van der Waals surface area contributed by atoms with Crippen LogP contribution in [0.3, 0.4) is 0 Å². The third-order valence-corrected chi connectivity index (χ3v) is 4.71. The predicted molar refractivity (Wildman–Crippen MR) is 80.5 cm³/mol. The Bertz CT molecular complexity index is 748. The fourth-order valence-electron chi connectivity index (χ4n) is 3.85. The molecule has 2 saturated heterocycles. The van der Waals surface area contributed by atoms with E-state index in [9.17, 15) is 9.59 Å². The Morgan fingerprint density at radius 3 is 2.48 bits per heavy atom. The Kier molecular flexibility index (Phi) is 2.60. The van der Waals surface area contributed by atoms with Gasteiger partial charge in [-0.2, -0.15) is 0 Å². The van der Waals surface area contributed by atoms with E-state index in [1.807, 2.05) is 23.1 Å². The molecule has 2 N–H and O–H groups in total. The summed E-state index contributed by atoms with van der Waals surface area (Å²) in [5, 5.41) is 0. The number of carbonyl (C=O) groups is 1. The van der Waals surface area contributed by atoms with Crippen LogP contribution in [0.15, 0.2) is 23.0 Å². The molecular formula is C15H18N4O2. The third-order valence-electron chi connectivity index (χ3n) is 4.71. The number of imidazole rings is 1. The minimum atomic E-state index is -0.177. The van der Waals surface area contributed by atoms with Gasteiger partial charge in [0, 0.05) is 37.8 Å². The first kappa shape index (κ1) is 12.5. The van der Waals surface area contributed by atoms with Crippen molar-refractivity contribution in [1.82, 2.24) is 14.9 Å². The molecule has 0 radical (unpaired) electrons. The number of H-pyrrole nitrogens is 2. The van der Waals surface area contributed by atoms with Gasteiger partial charge in [-0.25, -0.2) is 4.79 Å². The lowest BCUT2D eigenvalue weighted by Gasteiger charge is -2.41. The molecule has 2 aromatic rings. The smallest absolute Gasteiger partial charge is 0.323 e. The summed E-state index contributed by atoms with van der Waals surface area (Å²) in [6.45, 7) is 3.41. The standard InChI is InChI=1S/C15H18N4O2/c1-9(20)19-11-2-3-12(19)8-18(7-11)10-4-5-13-14(6-10)17-15(21)16-13/h4-6,11-12H,2-3,7-8H2,1H3,(H2,16,17,21). The second-order valence-electron chi connectivity index (χ2n) is 6.03. The van der Waals surface area contributed by atoms with Crippen LogP contribution in [0.1, 0.15) is 19.8 Å². The molecular weight excluding hydrogens is 268 g/mol. The van der Waals surface area contributed by atoms with Crippen molar-refractivity contribution in [2.24, 2.45) is 0 Å². The van der Waals surface area contributed by atoms with Crippen LogP contribution in [0.5, 0.6) is 0 Å². The average Bonchev–Trinajstić information content (AvgIpc) is 2.94. The molecule has 4 rings (SSSR count). The molecule has 3 heterocycles. The molecule has 2 atom stereocenters. The molecule has 110 valence electrons. The van der Waals surface area contributed by atoms with Crippen LogP contribution in [0.2, 0.25) is 0 Å². The van der Waals surface area contributed by atoms with Crippen molar-refractivity contribution >= 4 is 22.6 Å². The zero-order chi connectivity index (χ0) is 14.6. The van der Waals surface area contributed by atoms with Crippen LogP contribution < -0.4 is 10.6 Å². The molecule has 2 aliphatic rings. The molecule has 21 heavy (non-hydrogen) atoms. The van der Waals surface area contributed by atoms with Crippen molar-refractivity contribution in [2.45, 2.75) is 31.8 Å². The van der Waals surface area contributed by atoms with E-state index in [2.05, 4.69) is 14.9 Å². The van der Waals surface area contributed by atoms with Crippen LogP contribution in [-0.4, -0.2) is 45.9 Å². The molecule has 0 aliphatic carbocycles.